The van der Waals surface area contributed by atoms with E-state index in [1.807, 2.05) is 6.92 Å². The number of carbonyl (C=O) groups excluding carboxylic acids is 2. The first-order valence-electron chi connectivity index (χ1n) is 6.11. The molecule has 0 bridgehead atoms. The molecule has 2 rings (SSSR count). The lowest BCUT2D eigenvalue weighted by molar-refractivity contribution is 0.0998. The molecule has 0 atom stereocenters. The second kappa shape index (κ2) is 5.16. The first kappa shape index (κ1) is 13.8. The molecule has 20 heavy (non-hydrogen) atoms. The zero-order valence-corrected chi connectivity index (χ0v) is 11.6. The topological polar surface area (TPSA) is 90.0 Å². The third-order valence-corrected chi connectivity index (χ3v) is 3.16. The number of primary amides is 1. The van der Waals surface area contributed by atoms with Crippen LogP contribution in [0.3, 0.4) is 0 Å². The van der Waals surface area contributed by atoms with Gasteiger partial charge in [0, 0.05) is 24.0 Å². The van der Waals surface area contributed by atoms with Crippen LogP contribution < -0.4 is 11.1 Å². The smallest absolute Gasteiger partial charge is 0.259 e. The summed E-state index contributed by atoms with van der Waals surface area (Å²) in [6.07, 6.45) is 0. The fourth-order valence-electron chi connectivity index (χ4n) is 2.01. The molecule has 6 heteroatoms. The van der Waals surface area contributed by atoms with Crippen LogP contribution in [0.5, 0.6) is 0 Å². The van der Waals surface area contributed by atoms with E-state index in [0.717, 1.165) is 5.69 Å². The summed E-state index contributed by atoms with van der Waals surface area (Å²) in [7, 11) is 1.79. The van der Waals surface area contributed by atoms with Crippen LogP contribution in [0.2, 0.25) is 0 Å². The standard InChI is InChI=1S/C14H16N4O2/c1-8-12(9(2)18(3)17-8)14(20)16-11-6-4-10(5-7-11)13(15)19/h4-7H,1-3H3,(H2,15,19)(H,16,20). The number of aromatic nitrogens is 2. The molecule has 0 saturated carbocycles. The van der Waals surface area contributed by atoms with E-state index in [2.05, 4.69) is 10.4 Å². The van der Waals surface area contributed by atoms with E-state index in [-0.39, 0.29) is 5.91 Å². The van der Waals surface area contributed by atoms with Crippen LogP contribution in [0, 0.1) is 13.8 Å². The molecule has 104 valence electrons. The first-order valence-corrected chi connectivity index (χ1v) is 6.11. The van der Waals surface area contributed by atoms with Crippen LogP contribution in [-0.4, -0.2) is 21.6 Å². The van der Waals surface area contributed by atoms with Crippen LogP contribution >= 0.6 is 0 Å². The van der Waals surface area contributed by atoms with Gasteiger partial charge in [0.05, 0.1) is 11.3 Å². The van der Waals surface area contributed by atoms with E-state index < -0.39 is 5.91 Å². The van der Waals surface area contributed by atoms with E-state index in [0.29, 0.717) is 22.5 Å². The van der Waals surface area contributed by atoms with Crippen LogP contribution in [0.25, 0.3) is 0 Å². The average molecular weight is 272 g/mol. The molecule has 0 fully saturated rings. The van der Waals surface area contributed by atoms with Crippen molar-refractivity contribution >= 4 is 17.5 Å². The van der Waals surface area contributed by atoms with Gasteiger partial charge < -0.3 is 11.1 Å². The van der Waals surface area contributed by atoms with Crippen molar-refractivity contribution < 1.29 is 9.59 Å². The summed E-state index contributed by atoms with van der Waals surface area (Å²) < 4.78 is 1.67. The Morgan fingerprint density at radius 1 is 1.20 bits per heavy atom. The Morgan fingerprint density at radius 2 is 1.80 bits per heavy atom. The Labute approximate surface area is 116 Å². The van der Waals surface area contributed by atoms with Crippen LogP contribution in [0.1, 0.15) is 32.1 Å². The predicted octanol–water partition coefficient (Wildman–Crippen LogP) is 1.39. The number of nitrogens with zero attached hydrogens (tertiary/aromatic N) is 2. The van der Waals surface area contributed by atoms with Crippen molar-refractivity contribution in [3.8, 4) is 0 Å². The summed E-state index contributed by atoms with van der Waals surface area (Å²) in [5.41, 5.74) is 8.20. The molecule has 0 saturated heterocycles. The molecule has 0 spiro atoms. The van der Waals surface area contributed by atoms with Crippen molar-refractivity contribution in [2.24, 2.45) is 12.8 Å². The number of hydrogen-bond acceptors (Lipinski definition) is 3. The highest BCUT2D eigenvalue weighted by atomic mass is 16.2. The van der Waals surface area contributed by atoms with E-state index in [9.17, 15) is 9.59 Å². The highest BCUT2D eigenvalue weighted by molar-refractivity contribution is 6.06. The summed E-state index contributed by atoms with van der Waals surface area (Å²) in [5.74, 6) is -0.721. The van der Waals surface area contributed by atoms with Gasteiger partial charge in [-0.25, -0.2) is 0 Å². The largest absolute Gasteiger partial charge is 0.366 e. The van der Waals surface area contributed by atoms with Crippen LogP contribution in [0.15, 0.2) is 24.3 Å². The van der Waals surface area contributed by atoms with Gasteiger partial charge in [-0.1, -0.05) is 0 Å². The quantitative estimate of drug-likeness (QED) is 0.884. The minimum absolute atomic E-state index is 0.222. The molecule has 3 N–H and O–H groups in total. The van der Waals surface area contributed by atoms with Gasteiger partial charge in [0.1, 0.15) is 0 Å². The molecule has 0 aliphatic heterocycles. The number of nitrogens with two attached hydrogens (primary N) is 1. The number of nitrogens with one attached hydrogen (secondary N) is 1. The normalized spacial score (nSPS) is 10.3. The number of amides is 2. The van der Waals surface area contributed by atoms with Gasteiger partial charge in [0.25, 0.3) is 5.91 Å². The molecule has 0 aliphatic carbocycles. The fraction of sp³-hybridized carbons (Fsp3) is 0.214. The minimum Gasteiger partial charge on any atom is -0.366 e. The zero-order chi connectivity index (χ0) is 14.9. The van der Waals surface area contributed by atoms with Crippen LogP contribution in [0.4, 0.5) is 5.69 Å². The van der Waals surface area contributed by atoms with Crippen molar-refractivity contribution in [2.45, 2.75) is 13.8 Å². The SMILES string of the molecule is Cc1nn(C)c(C)c1C(=O)Nc1ccc(C(N)=O)cc1. The molecule has 2 amide bonds. The zero-order valence-electron chi connectivity index (χ0n) is 11.6. The van der Waals surface area contributed by atoms with Gasteiger partial charge in [-0.05, 0) is 38.1 Å². The number of aryl methyl sites for hydroxylation is 2. The Kier molecular flexibility index (Phi) is 3.56. The third kappa shape index (κ3) is 2.54. The molecular weight excluding hydrogens is 256 g/mol. The number of benzene rings is 1. The average Bonchev–Trinajstić information content (AvgIpc) is 2.63. The highest BCUT2D eigenvalue weighted by Crippen LogP contribution is 2.15. The Bertz CT molecular complexity index is 671. The molecule has 6 nitrogen and oxygen atoms in total. The maximum atomic E-state index is 12.2. The van der Waals surface area contributed by atoms with Crippen molar-refractivity contribution in [1.82, 2.24) is 9.78 Å². The molecule has 2 aromatic rings. The lowest BCUT2D eigenvalue weighted by Gasteiger charge is -2.06. The fourth-order valence-corrected chi connectivity index (χ4v) is 2.01. The van der Waals surface area contributed by atoms with Crippen molar-refractivity contribution in [3.05, 3.63) is 46.8 Å². The number of anilines is 1. The lowest BCUT2D eigenvalue weighted by atomic mass is 10.1. The molecule has 0 radical (unpaired) electrons. The maximum absolute atomic E-state index is 12.2. The number of carbonyl (C=O) groups is 2. The van der Waals surface area contributed by atoms with Crippen molar-refractivity contribution in [3.63, 3.8) is 0 Å². The van der Waals surface area contributed by atoms with E-state index in [1.165, 1.54) is 0 Å². The molecule has 1 aromatic heterocycles. The highest BCUT2D eigenvalue weighted by Gasteiger charge is 2.17. The Morgan fingerprint density at radius 3 is 2.25 bits per heavy atom. The first-order chi connectivity index (χ1) is 9.40. The Balaban J connectivity index is 2.21. The van der Waals surface area contributed by atoms with Gasteiger partial charge >= 0.3 is 0 Å². The third-order valence-electron chi connectivity index (χ3n) is 3.16. The van der Waals surface area contributed by atoms with Crippen LogP contribution in [-0.2, 0) is 7.05 Å². The van der Waals surface area contributed by atoms with Crippen molar-refractivity contribution in [1.29, 1.82) is 0 Å². The molecule has 0 aliphatic rings. The van der Waals surface area contributed by atoms with E-state index >= 15 is 0 Å². The second-order valence-electron chi connectivity index (χ2n) is 4.57. The summed E-state index contributed by atoms with van der Waals surface area (Å²) in [6.45, 7) is 3.63. The van der Waals surface area contributed by atoms with Gasteiger partial charge in [0.15, 0.2) is 0 Å². The Hall–Kier alpha value is -2.63. The molecule has 0 unspecified atom stereocenters. The monoisotopic (exact) mass is 272 g/mol. The minimum atomic E-state index is -0.498. The van der Waals surface area contributed by atoms with Gasteiger partial charge in [-0.2, -0.15) is 5.10 Å². The van der Waals surface area contributed by atoms with E-state index in [1.54, 1.807) is 42.9 Å². The summed E-state index contributed by atoms with van der Waals surface area (Å²) in [6, 6.07) is 6.42. The molecule has 1 heterocycles. The lowest BCUT2D eigenvalue weighted by Crippen LogP contribution is -2.15. The summed E-state index contributed by atoms with van der Waals surface area (Å²) in [4.78, 5) is 23.2. The van der Waals surface area contributed by atoms with Crippen molar-refractivity contribution in [2.75, 3.05) is 5.32 Å². The van der Waals surface area contributed by atoms with Gasteiger partial charge in [-0.15, -0.1) is 0 Å². The van der Waals surface area contributed by atoms with Gasteiger partial charge in [-0.3, -0.25) is 14.3 Å². The maximum Gasteiger partial charge on any atom is 0.259 e. The molecular formula is C14H16N4O2. The number of hydrogen-bond donors (Lipinski definition) is 2. The van der Waals surface area contributed by atoms with Gasteiger partial charge in [0.2, 0.25) is 5.91 Å². The molecule has 1 aromatic carbocycles. The summed E-state index contributed by atoms with van der Waals surface area (Å²) >= 11 is 0. The van der Waals surface area contributed by atoms with E-state index in [4.69, 9.17) is 5.73 Å². The summed E-state index contributed by atoms with van der Waals surface area (Å²) in [5, 5.41) is 6.98. The predicted molar refractivity (Wildman–Crippen MR) is 75.6 cm³/mol. The second-order valence-corrected chi connectivity index (χ2v) is 4.57. The number of rotatable bonds is 3.